The number of aryl methyl sites for hydroxylation is 1. The molecular formula is C16H19N3O4. The molecule has 0 spiro atoms. The molecule has 23 heavy (non-hydrogen) atoms. The second-order valence-corrected chi connectivity index (χ2v) is 5.15. The summed E-state index contributed by atoms with van der Waals surface area (Å²) in [6, 6.07) is 8.10. The first-order valence-corrected chi connectivity index (χ1v) is 7.09. The van der Waals surface area contributed by atoms with Gasteiger partial charge in [0.2, 0.25) is 0 Å². The molecule has 2 N–H and O–H groups in total. The van der Waals surface area contributed by atoms with Gasteiger partial charge in [0, 0.05) is 32.3 Å². The average molecular weight is 317 g/mol. The number of carboxylic acids is 1. The Morgan fingerprint density at radius 1 is 1.35 bits per heavy atom. The lowest BCUT2D eigenvalue weighted by atomic mass is 10.1. The molecule has 0 saturated heterocycles. The topological polar surface area (TPSA) is 93.4 Å². The van der Waals surface area contributed by atoms with Crippen molar-refractivity contribution >= 4 is 11.9 Å². The SMILES string of the molecule is COC(C(=O)N[C@@H](Cc1ccccc1)C(=O)O)c1cnn(C)c1. The average Bonchev–Trinajstić information content (AvgIpc) is 2.94. The number of hydrogen-bond acceptors (Lipinski definition) is 4. The van der Waals surface area contributed by atoms with E-state index < -0.39 is 24.0 Å². The van der Waals surface area contributed by atoms with E-state index in [4.69, 9.17) is 4.74 Å². The predicted molar refractivity (Wildman–Crippen MR) is 82.7 cm³/mol. The molecular weight excluding hydrogens is 298 g/mol. The minimum Gasteiger partial charge on any atom is -0.480 e. The lowest BCUT2D eigenvalue weighted by molar-refractivity contribution is -0.144. The van der Waals surface area contributed by atoms with E-state index in [-0.39, 0.29) is 6.42 Å². The van der Waals surface area contributed by atoms with Crippen molar-refractivity contribution in [3.63, 3.8) is 0 Å². The Hall–Kier alpha value is -2.67. The third kappa shape index (κ3) is 4.40. The second-order valence-electron chi connectivity index (χ2n) is 5.15. The van der Waals surface area contributed by atoms with Crippen LogP contribution in [-0.2, 0) is 27.8 Å². The maximum absolute atomic E-state index is 12.4. The van der Waals surface area contributed by atoms with Crippen LogP contribution in [0.15, 0.2) is 42.7 Å². The molecule has 2 aromatic rings. The molecule has 7 nitrogen and oxygen atoms in total. The number of methoxy groups -OCH3 is 1. The molecule has 122 valence electrons. The number of carboxylic acid groups (broad SMARTS) is 1. The highest BCUT2D eigenvalue weighted by molar-refractivity contribution is 5.87. The summed E-state index contributed by atoms with van der Waals surface area (Å²) in [7, 11) is 3.12. The summed E-state index contributed by atoms with van der Waals surface area (Å²) in [5.41, 5.74) is 1.40. The molecule has 0 saturated carbocycles. The fraction of sp³-hybridized carbons (Fsp3) is 0.312. The number of nitrogens with zero attached hydrogens (tertiary/aromatic N) is 2. The summed E-state index contributed by atoms with van der Waals surface area (Å²) in [4.78, 5) is 23.8. The monoisotopic (exact) mass is 317 g/mol. The Morgan fingerprint density at radius 2 is 2.04 bits per heavy atom. The van der Waals surface area contributed by atoms with Gasteiger partial charge in [-0.15, -0.1) is 0 Å². The quantitative estimate of drug-likeness (QED) is 0.792. The fourth-order valence-electron chi connectivity index (χ4n) is 2.27. The van der Waals surface area contributed by atoms with E-state index in [9.17, 15) is 14.7 Å². The maximum atomic E-state index is 12.4. The molecule has 0 bridgehead atoms. The molecule has 1 heterocycles. The van der Waals surface area contributed by atoms with E-state index in [2.05, 4.69) is 10.4 Å². The van der Waals surface area contributed by atoms with Gasteiger partial charge in [-0.1, -0.05) is 30.3 Å². The number of ether oxygens (including phenoxy) is 1. The highest BCUT2D eigenvalue weighted by Crippen LogP contribution is 2.16. The van der Waals surface area contributed by atoms with Gasteiger partial charge in [-0.2, -0.15) is 5.10 Å². The molecule has 1 amide bonds. The van der Waals surface area contributed by atoms with Gasteiger partial charge < -0.3 is 15.2 Å². The maximum Gasteiger partial charge on any atom is 0.326 e. The van der Waals surface area contributed by atoms with Crippen LogP contribution in [0.5, 0.6) is 0 Å². The van der Waals surface area contributed by atoms with E-state index >= 15 is 0 Å². The van der Waals surface area contributed by atoms with Crippen molar-refractivity contribution in [2.75, 3.05) is 7.11 Å². The minimum absolute atomic E-state index is 0.200. The molecule has 0 aliphatic rings. The number of amides is 1. The van der Waals surface area contributed by atoms with Crippen molar-refractivity contribution in [2.24, 2.45) is 7.05 Å². The normalized spacial score (nSPS) is 13.3. The van der Waals surface area contributed by atoms with E-state index in [1.165, 1.54) is 13.3 Å². The summed E-state index contributed by atoms with van der Waals surface area (Å²) < 4.78 is 6.73. The fourth-order valence-corrected chi connectivity index (χ4v) is 2.27. The summed E-state index contributed by atoms with van der Waals surface area (Å²) in [6.45, 7) is 0. The number of carbonyl (C=O) groups is 2. The van der Waals surface area contributed by atoms with Crippen LogP contribution >= 0.6 is 0 Å². The Labute approximate surface area is 133 Å². The number of aromatic nitrogens is 2. The molecule has 1 unspecified atom stereocenters. The van der Waals surface area contributed by atoms with Gasteiger partial charge >= 0.3 is 5.97 Å². The smallest absolute Gasteiger partial charge is 0.326 e. The lowest BCUT2D eigenvalue weighted by Gasteiger charge is -2.19. The van der Waals surface area contributed by atoms with Gasteiger partial charge in [-0.05, 0) is 5.56 Å². The van der Waals surface area contributed by atoms with Crippen molar-refractivity contribution in [2.45, 2.75) is 18.6 Å². The van der Waals surface area contributed by atoms with Crippen molar-refractivity contribution < 1.29 is 19.4 Å². The van der Waals surface area contributed by atoms with E-state index in [0.29, 0.717) is 5.56 Å². The van der Waals surface area contributed by atoms with Crippen molar-refractivity contribution in [1.29, 1.82) is 0 Å². The van der Waals surface area contributed by atoms with Crippen molar-refractivity contribution in [1.82, 2.24) is 15.1 Å². The number of benzene rings is 1. The van der Waals surface area contributed by atoms with Crippen LogP contribution < -0.4 is 5.32 Å². The number of carbonyl (C=O) groups excluding carboxylic acids is 1. The molecule has 0 fully saturated rings. The van der Waals surface area contributed by atoms with Crippen molar-refractivity contribution in [3.05, 3.63) is 53.9 Å². The lowest BCUT2D eigenvalue weighted by Crippen LogP contribution is -2.44. The molecule has 0 aliphatic carbocycles. The number of rotatable bonds is 7. The highest BCUT2D eigenvalue weighted by Gasteiger charge is 2.27. The third-order valence-electron chi connectivity index (χ3n) is 3.40. The Balaban J connectivity index is 2.09. The summed E-state index contributed by atoms with van der Waals surface area (Å²) in [5, 5.41) is 15.9. The zero-order chi connectivity index (χ0) is 16.8. The second kappa shape index (κ2) is 7.55. The van der Waals surface area contributed by atoms with Crippen LogP contribution in [0, 0.1) is 0 Å². The predicted octanol–water partition coefficient (Wildman–Crippen LogP) is 0.920. The van der Waals surface area contributed by atoms with Gasteiger partial charge in [-0.3, -0.25) is 9.48 Å². The van der Waals surface area contributed by atoms with Crippen LogP contribution in [0.3, 0.4) is 0 Å². The van der Waals surface area contributed by atoms with Crippen molar-refractivity contribution in [3.8, 4) is 0 Å². The van der Waals surface area contributed by atoms with Gasteiger partial charge in [0.1, 0.15) is 6.04 Å². The van der Waals surface area contributed by atoms with Crippen LogP contribution in [0.4, 0.5) is 0 Å². The first-order valence-electron chi connectivity index (χ1n) is 7.09. The Bertz CT molecular complexity index is 669. The molecule has 0 aliphatic heterocycles. The van der Waals surface area contributed by atoms with Crippen LogP contribution in [-0.4, -0.2) is 39.9 Å². The standard InChI is InChI=1S/C16H19N3O4/c1-19-10-12(9-17-19)14(23-2)15(20)18-13(16(21)22)8-11-6-4-3-5-7-11/h3-7,9-10,13-14H,8H2,1-2H3,(H,18,20)(H,21,22)/t13-,14?/m0/s1. The summed E-state index contributed by atoms with van der Waals surface area (Å²) in [5.74, 6) is -1.60. The zero-order valence-electron chi connectivity index (χ0n) is 13.0. The van der Waals surface area contributed by atoms with Gasteiger partial charge in [0.05, 0.1) is 6.20 Å². The first-order chi connectivity index (χ1) is 11.0. The number of hydrogen-bond donors (Lipinski definition) is 2. The van der Waals surface area contributed by atoms with Gasteiger partial charge in [-0.25, -0.2) is 4.79 Å². The summed E-state index contributed by atoms with van der Waals surface area (Å²) in [6.07, 6.45) is 2.47. The molecule has 7 heteroatoms. The third-order valence-corrected chi connectivity index (χ3v) is 3.40. The van der Waals surface area contributed by atoms with E-state index in [1.807, 2.05) is 30.3 Å². The van der Waals surface area contributed by atoms with Gasteiger partial charge in [0.25, 0.3) is 5.91 Å². The minimum atomic E-state index is -1.09. The van der Waals surface area contributed by atoms with E-state index in [0.717, 1.165) is 5.56 Å². The zero-order valence-corrected chi connectivity index (χ0v) is 13.0. The molecule has 1 aromatic carbocycles. The highest BCUT2D eigenvalue weighted by atomic mass is 16.5. The molecule has 2 rings (SSSR count). The number of aliphatic carboxylic acids is 1. The van der Waals surface area contributed by atoms with E-state index in [1.54, 1.807) is 17.9 Å². The molecule has 2 atom stereocenters. The number of nitrogens with one attached hydrogen (secondary N) is 1. The van der Waals surface area contributed by atoms with Crippen LogP contribution in [0.25, 0.3) is 0 Å². The first kappa shape index (κ1) is 16.7. The largest absolute Gasteiger partial charge is 0.480 e. The summed E-state index contributed by atoms with van der Waals surface area (Å²) >= 11 is 0. The van der Waals surface area contributed by atoms with Crippen LogP contribution in [0.2, 0.25) is 0 Å². The molecule has 1 aromatic heterocycles. The van der Waals surface area contributed by atoms with Gasteiger partial charge in [0.15, 0.2) is 6.10 Å². The Kier molecular flexibility index (Phi) is 5.48. The van der Waals surface area contributed by atoms with Crippen LogP contribution in [0.1, 0.15) is 17.2 Å². The molecule has 0 radical (unpaired) electrons. The Morgan fingerprint density at radius 3 is 2.57 bits per heavy atom.